The number of ether oxygens (including phenoxy) is 1. The molecule has 0 aromatic heterocycles. The van der Waals surface area contributed by atoms with Gasteiger partial charge in [0.05, 0.1) is 12.8 Å². The van der Waals surface area contributed by atoms with Gasteiger partial charge in [0.25, 0.3) is 11.8 Å². The molecule has 1 fully saturated rings. The van der Waals surface area contributed by atoms with Gasteiger partial charge in [-0.1, -0.05) is 42.0 Å². The Morgan fingerprint density at radius 2 is 1.59 bits per heavy atom. The van der Waals surface area contributed by atoms with Crippen LogP contribution in [0.4, 0.5) is 11.4 Å². The number of nitrogens with zero attached hydrogens (tertiary/aromatic N) is 2. The van der Waals surface area contributed by atoms with Gasteiger partial charge in [0, 0.05) is 30.4 Å². The molecule has 2 aliphatic heterocycles. The topological polar surface area (TPSA) is 61.9 Å². The van der Waals surface area contributed by atoms with E-state index in [9.17, 15) is 9.59 Å². The molecule has 2 heterocycles. The Morgan fingerprint density at radius 3 is 2.24 bits per heavy atom. The first kappa shape index (κ1) is 21.9. The van der Waals surface area contributed by atoms with E-state index in [-0.39, 0.29) is 10.7 Å². The van der Waals surface area contributed by atoms with E-state index < -0.39 is 11.8 Å². The third-order valence-electron chi connectivity index (χ3n) is 6.12. The van der Waals surface area contributed by atoms with Crippen molar-refractivity contribution in [1.29, 1.82) is 0 Å². The van der Waals surface area contributed by atoms with Crippen LogP contribution in [-0.2, 0) is 22.7 Å². The maximum atomic E-state index is 13.3. The normalized spacial score (nSPS) is 16.6. The van der Waals surface area contributed by atoms with Gasteiger partial charge in [0.1, 0.15) is 11.3 Å². The van der Waals surface area contributed by atoms with Crippen molar-refractivity contribution in [3.05, 3.63) is 94.6 Å². The average Bonchev–Trinajstić information content (AvgIpc) is 3.27. The summed E-state index contributed by atoms with van der Waals surface area (Å²) >= 11 is 5.29. The van der Waals surface area contributed by atoms with Gasteiger partial charge in [-0.2, -0.15) is 0 Å². The van der Waals surface area contributed by atoms with Gasteiger partial charge in [-0.15, -0.1) is 0 Å². The monoisotopic (exact) mass is 469 g/mol. The van der Waals surface area contributed by atoms with Gasteiger partial charge < -0.3 is 9.64 Å². The quantitative estimate of drug-likeness (QED) is 0.350. The minimum atomic E-state index is -0.528. The second-order valence-electron chi connectivity index (χ2n) is 8.34. The molecule has 0 saturated carbocycles. The van der Waals surface area contributed by atoms with Crippen molar-refractivity contribution >= 4 is 46.6 Å². The second-order valence-corrected chi connectivity index (χ2v) is 8.73. The highest BCUT2D eigenvalue weighted by atomic mass is 32.1. The first-order valence-electron chi connectivity index (χ1n) is 10.9. The molecule has 6 nitrogen and oxygen atoms in total. The molecular formula is C27H23N3O3S. The molecule has 0 spiro atoms. The van der Waals surface area contributed by atoms with E-state index in [4.69, 9.17) is 17.0 Å². The summed E-state index contributed by atoms with van der Waals surface area (Å²) in [5.74, 6) is -0.421. The predicted molar refractivity (Wildman–Crippen MR) is 137 cm³/mol. The van der Waals surface area contributed by atoms with E-state index in [1.165, 1.54) is 16.0 Å². The van der Waals surface area contributed by atoms with E-state index in [0.29, 0.717) is 17.0 Å². The standard InChI is InChI=1S/C27H23N3O3S/c1-17-7-10-21(11-8-17)30-26(32)23(25(31)28-27(30)34)13-18-9-12-22(14-24(18)33-2)29-15-19-5-3-4-6-20(19)16-29/h3-14H,15-16H2,1-2H3,(H,28,31,34)/b23-13+. The number of methoxy groups -OCH3 is 1. The SMILES string of the molecule is COc1cc(N2Cc3ccccc3C2)ccc1/C=C1\C(=O)NC(=S)N(c2ccc(C)cc2)C1=O. The molecule has 0 aliphatic carbocycles. The summed E-state index contributed by atoms with van der Waals surface area (Å²) in [6.07, 6.45) is 1.56. The molecule has 0 atom stereocenters. The first-order chi connectivity index (χ1) is 16.4. The predicted octanol–water partition coefficient (Wildman–Crippen LogP) is 4.36. The summed E-state index contributed by atoms with van der Waals surface area (Å²) < 4.78 is 5.63. The maximum Gasteiger partial charge on any atom is 0.270 e. The Kier molecular flexibility index (Phi) is 5.63. The molecule has 34 heavy (non-hydrogen) atoms. The molecule has 2 amide bonds. The van der Waals surface area contributed by atoms with Crippen LogP contribution in [0.3, 0.4) is 0 Å². The van der Waals surface area contributed by atoms with E-state index in [1.54, 1.807) is 25.3 Å². The van der Waals surface area contributed by atoms with Crippen LogP contribution in [-0.4, -0.2) is 24.0 Å². The summed E-state index contributed by atoms with van der Waals surface area (Å²) in [7, 11) is 1.58. The molecule has 3 aromatic carbocycles. The molecule has 7 heteroatoms. The van der Waals surface area contributed by atoms with E-state index >= 15 is 0 Å². The van der Waals surface area contributed by atoms with Gasteiger partial charge >= 0.3 is 0 Å². The molecule has 1 N–H and O–H groups in total. The summed E-state index contributed by atoms with van der Waals surface area (Å²) in [5, 5.41) is 2.69. The van der Waals surface area contributed by atoms with Gasteiger partial charge in [0.2, 0.25) is 0 Å². The van der Waals surface area contributed by atoms with E-state index in [0.717, 1.165) is 24.3 Å². The van der Waals surface area contributed by atoms with Crippen molar-refractivity contribution in [3.63, 3.8) is 0 Å². The lowest BCUT2D eigenvalue weighted by Crippen LogP contribution is -2.54. The number of amides is 2. The molecule has 0 radical (unpaired) electrons. The molecule has 2 aliphatic rings. The fourth-order valence-corrected chi connectivity index (χ4v) is 4.55. The number of rotatable bonds is 4. The lowest BCUT2D eigenvalue weighted by atomic mass is 10.1. The number of nitrogens with one attached hydrogen (secondary N) is 1. The van der Waals surface area contributed by atoms with Gasteiger partial charge in [-0.25, -0.2) is 0 Å². The van der Waals surface area contributed by atoms with Crippen LogP contribution in [0.2, 0.25) is 0 Å². The molecule has 0 unspecified atom stereocenters. The minimum absolute atomic E-state index is 0.00574. The second kappa shape index (κ2) is 8.76. The third kappa shape index (κ3) is 3.95. The van der Waals surface area contributed by atoms with E-state index in [2.05, 4.69) is 34.5 Å². The van der Waals surface area contributed by atoms with Gasteiger partial charge in [-0.05, 0) is 60.6 Å². The largest absolute Gasteiger partial charge is 0.496 e. The number of hydrogen-bond acceptors (Lipinski definition) is 5. The zero-order valence-corrected chi connectivity index (χ0v) is 19.7. The number of fused-ring (bicyclic) bond motifs is 1. The van der Waals surface area contributed by atoms with Crippen molar-refractivity contribution in [2.45, 2.75) is 20.0 Å². The fraction of sp³-hybridized carbons (Fsp3) is 0.148. The van der Waals surface area contributed by atoms with Crippen LogP contribution >= 0.6 is 12.2 Å². The number of benzene rings is 3. The molecule has 0 bridgehead atoms. The lowest BCUT2D eigenvalue weighted by Gasteiger charge is -2.29. The Bertz CT molecular complexity index is 1320. The highest BCUT2D eigenvalue weighted by molar-refractivity contribution is 7.80. The molecule has 5 rings (SSSR count). The zero-order chi connectivity index (χ0) is 23.8. The van der Waals surface area contributed by atoms with Crippen molar-refractivity contribution in [2.75, 3.05) is 16.9 Å². The van der Waals surface area contributed by atoms with Crippen molar-refractivity contribution < 1.29 is 14.3 Å². The van der Waals surface area contributed by atoms with Crippen LogP contribution in [0, 0.1) is 6.92 Å². The Labute approximate surface area is 203 Å². The third-order valence-corrected chi connectivity index (χ3v) is 6.40. The number of thiocarbonyl (C=S) groups is 1. The Morgan fingerprint density at radius 1 is 0.941 bits per heavy atom. The summed E-state index contributed by atoms with van der Waals surface area (Å²) in [5.41, 5.74) is 5.92. The van der Waals surface area contributed by atoms with Crippen molar-refractivity contribution in [3.8, 4) is 5.75 Å². The van der Waals surface area contributed by atoms with Crippen LogP contribution < -0.4 is 19.9 Å². The molecular weight excluding hydrogens is 446 g/mol. The van der Waals surface area contributed by atoms with Crippen LogP contribution in [0.25, 0.3) is 6.08 Å². The van der Waals surface area contributed by atoms with Crippen LogP contribution in [0.15, 0.2) is 72.3 Å². The highest BCUT2D eigenvalue weighted by Crippen LogP contribution is 2.33. The minimum Gasteiger partial charge on any atom is -0.496 e. The van der Waals surface area contributed by atoms with E-state index in [1.807, 2.05) is 37.3 Å². The summed E-state index contributed by atoms with van der Waals surface area (Å²) in [4.78, 5) is 29.6. The summed E-state index contributed by atoms with van der Waals surface area (Å²) in [6, 6.07) is 21.6. The van der Waals surface area contributed by atoms with Crippen LogP contribution in [0.5, 0.6) is 5.75 Å². The maximum absolute atomic E-state index is 13.3. The Hall–Kier alpha value is -3.97. The summed E-state index contributed by atoms with van der Waals surface area (Å²) in [6.45, 7) is 3.61. The van der Waals surface area contributed by atoms with Crippen molar-refractivity contribution in [2.24, 2.45) is 0 Å². The highest BCUT2D eigenvalue weighted by Gasteiger charge is 2.34. The first-order valence-corrected chi connectivity index (χ1v) is 11.3. The fourth-order valence-electron chi connectivity index (χ4n) is 4.27. The zero-order valence-electron chi connectivity index (χ0n) is 18.9. The lowest BCUT2D eigenvalue weighted by molar-refractivity contribution is -0.122. The molecule has 170 valence electrons. The van der Waals surface area contributed by atoms with Crippen LogP contribution in [0.1, 0.15) is 22.3 Å². The number of anilines is 2. The Balaban J connectivity index is 1.46. The average molecular weight is 470 g/mol. The number of hydrogen-bond donors (Lipinski definition) is 1. The van der Waals surface area contributed by atoms with Gasteiger partial charge in [-0.3, -0.25) is 19.8 Å². The molecule has 1 saturated heterocycles. The number of carbonyl (C=O) groups excluding carboxylic acids is 2. The number of carbonyl (C=O) groups is 2. The number of aryl methyl sites for hydroxylation is 1. The van der Waals surface area contributed by atoms with Gasteiger partial charge in [0.15, 0.2) is 5.11 Å². The smallest absolute Gasteiger partial charge is 0.270 e. The molecule has 3 aromatic rings. The van der Waals surface area contributed by atoms with Crippen molar-refractivity contribution in [1.82, 2.24) is 5.32 Å².